The zero-order valence-electron chi connectivity index (χ0n) is 11.3. The number of aryl methyl sites for hydroxylation is 1. The van der Waals surface area contributed by atoms with E-state index in [-0.39, 0.29) is 5.91 Å². The van der Waals surface area contributed by atoms with Crippen LogP contribution in [-0.2, 0) is 17.8 Å². The SMILES string of the molecule is CCc1cc(CN(C)C(=O)CCS)ccc1OC. The van der Waals surface area contributed by atoms with E-state index in [2.05, 4.69) is 25.6 Å². The number of amides is 1. The van der Waals surface area contributed by atoms with Crippen LogP contribution < -0.4 is 4.74 Å². The maximum Gasteiger partial charge on any atom is 0.223 e. The Labute approximate surface area is 115 Å². The van der Waals surface area contributed by atoms with Gasteiger partial charge >= 0.3 is 0 Å². The second kappa shape index (κ2) is 7.31. The lowest BCUT2D eigenvalue weighted by Crippen LogP contribution is -2.26. The first-order valence-electron chi connectivity index (χ1n) is 6.13. The number of carbonyl (C=O) groups excluding carboxylic acids is 1. The monoisotopic (exact) mass is 267 g/mol. The van der Waals surface area contributed by atoms with E-state index in [1.54, 1.807) is 12.0 Å². The molecule has 1 aromatic rings. The van der Waals surface area contributed by atoms with E-state index in [9.17, 15) is 4.79 Å². The van der Waals surface area contributed by atoms with Crippen LogP contribution in [0.15, 0.2) is 18.2 Å². The average Bonchev–Trinajstić information content (AvgIpc) is 2.38. The number of rotatable bonds is 6. The molecule has 4 heteroatoms. The Morgan fingerprint density at radius 3 is 2.72 bits per heavy atom. The third-order valence-corrected chi connectivity index (χ3v) is 3.12. The smallest absolute Gasteiger partial charge is 0.223 e. The first kappa shape index (κ1) is 14.9. The fraction of sp³-hybridized carbons (Fsp3) is 0.500. The third kappa shape index (κ3) is 3.95. The minimum Gasteiger partial charge on any atom is -0.496 e. The summed E-state index contributed by atoms with van der Waals surface area (Å²) in [6.07, 6.45) is 1.40. The maximum atomic E-state index is 11.7. The number of ether oxygens (including phenoxy) is 1. The molecule has 0 unspecified atom stereocenters. The Morgan fingerprint density at radius 2 is 2.17 bits per heavy atom. The molecular formula is C14H21NO2S. The molecule has 1 amide bonds. The number of carbonyl (C=O) groups is 1. The molecule has 3 nitrogen and oxygen atoms in total. The molecule has 0 atom stereocenters. The van der Waals surface area contributed by atoms with Crippen molar-refractivity contribution >= 4 is 18.5 Å². The topological polar surface area (TPSA) is 29.5 Å². The number of hydrogen-bond acceptors (Lipinski definition) is 3. The minimum atomic E-state index is 0.124. The predicted molar refractivity (Wildman–Crippen MR) is 77.3 cm³/mol. The van der Waals surface area contributed by atoms with Crippen LogP contribution in [0.25, 0.3) is 0 Å². The third-order valence-electron chi connectivity index (χ3n) is 2.90. The highest BCUT2D eigenvalue weighted by Crippen LogP contribution is 2.21. The maximum absolute atomic E-state index is 11.7. The van der Waals surface area contributed by atoms with E-state index in [4.69, 9.17) is 4.74 Å². The van der Waals surface area contributed by atoms with E-state index >= 15 is 0 Å². The van der Waals surface area contributed by atoms with Gasteiger partial charge in [-0.3, -0.25) is 4.79 Å². The Kier molecular flexibility index (Phi) is 6.05. The first-order valence-corrected chi connectivity index (χ1v) is 6.76. The number of thiol groups is 1. The highest BCUT2D eigenvalue weighted by Gasteiger charge is 2.09. The molecule has 1 rings (SSSR count). The van der Waals surface area contributed by atoms with Crippen molar-refractivity contribution in [1.82, 2.24) is 4.90 Å². The molecule has 0 fully saturated rings. The highest BCUT2D eigenvalue weighted by atomic mass is 32.1. The molecule has 0 aliphatic rings. The van der Waals surface area contributed by atoms with Gasteiger partial charge in [0.2, 0.25) is 5.91 Å². The zero-order valence-corrected chi connectivity index (χ0v) is 12.2. The number of hydrogen-bond donors (Lipinski definition) is 1. The van der Waals surface area contributed by atoms with Gasteiger partial charge in [-0.05, 0) is 29.4 Å². The van der Waals surface area contributed by atoms with E-state index in [1.807, 2.05) is 19.2 Å². The summed E-state index contributed by atoms with van der Waals surface area (Å²) < 4.78 is 5.29. The van der Waals surface area contributed by atoms with Gasteiger partial charge in [0.05, 0.1) is 7.11 Å². The van der Waals surface area contributed by atoms with Gasteiger partial charge in [-0.25, -0.2) is 0 Å². The lowest BCUT2D eigenvalue weighted by molar-refractivity contribution is -0.129. The summed E-state index contributed by atoms with van der Waals surface area (Å²) in [6, 6.07) is 6.07. The number of methoxy groups -OCH3 is 1. The van der Waals surface area contributed by atoms with E-state index in [0.717, 1.165) is 17.7 Å². The molecule has 18 heavy (non-hydrogen) atoms. The van der Waals surface area contributed by atoms with Gasteiger partial charge in [-0.15, -0.1) is 0 Å². The Balaban J connectivity index is 2.76. The largest absolute Gasteiger partial charge is 0.496 e. The van der Waals surface area contributed by atoms with Crippen LogP contribution in [0.4, 0.5) is 0 Å². The van der Waals surface area contributed by atoms with Gasteiger partial charge in [-0.2, -0.15) is 12.6 Å². The summed E-state index contributed by atoms with van der Waals surface area (Å²) in [4.78, 5) is 13.4. The summed E-state index contributed by atoms with van der Waals surface area (Å²) in [5, 5.41) is 0. The molecule has 100 valence electrons. The Bertz CT molecular complexity index is 407. The number of benzene rings is 1. The molecule has 0 bridgehead atoms. The Hall–Kier alpha value is -1.16. The lowest BCUT2D eigenvalue weighted by atomic mass is 10.1. The molecule has 1 aromatic carbocycles. The average molecular weight is 267 g/mol. The van der Waals surface area contributed by atoms with Gasteiger partial charge in [0.15, 0.2) is 0 Å². The van der Waals surface area contributed by atoms with Crippen molar-refractivity contribution in [3.05, 3.63) is 29.3 Å². The van der Waals surface area contributed by atoms with Gasteiger partial charge in [0, 0.05) is 20.0 Å². The van der Waals surface area contributed by atoms with Gasteiger partial charge in [-0.1, -0.05) is 19.1 Å². The van der Waals surface area contributed by atoms with Crippen LogP contribution in [-0.4, -0.2) is 30.7 Å². The standard InChI is InChI=1S/C14H21NO2S/c1-4-12-9-11(5-6-13(12)17-3)10-15(2)14(16)7-8-18/h5-6,9,18H,4,7-8,10H2,1-3H3. The van der Waals surface area contributed by atoms with Gasteiger partial charge in [0.25, 0.3) is 0 Å². The van der Waals surface area contributed by atoms with Crippen LogP contribution in [0.1, 0.15) is 24.5 Å². The second-order valence-electron chi connectivity index (χ2n) is 4.22. The van der Waals surface area contributed by atoms with Crippen LogP contribution in [0, 0.1) is 0 Å². The second-order valence-corrected chi connectivity index (χ2v) is 4.67. The quantitative estimate of drug-likeness (QED) is 0.803. The van der Waals surface area contributed by atoms with E-state index in [0.29, 0.717) is 18.7 Å². The van der Waals surface area contributed by atoms with Crippen LogP contribution in [0.5, 0.6) is 5.75 Å². The van der Waals surface area contributed by atoms with Crippen LogP contribution >= 0.6 is 12.6 Å². The molecule has 0 heterocycles. The molecule has 0 saturated heterocycles. The van der Waals surface area contributed by atoms with Crippen LogP contribution in [0.2, 0.25) is 0 Å². The molecule has 0 spiro atoms. The van der Waals surface area contributed by atoms with Gasteiger partial charge in [0.1, 0.15) is 5.75 Å². The normalized spacial score (nSPS) is 10.2. The molecular weight excluding hydrogens is 246 g/mol. The van der Waals surface area contributed by atoms with E-state index < -0.39 is 0 Å². The fourth-order valence-electron chi connectivity index (χ4n) is 1.86. The van der Waals surface area contributed by atoms with Crippen molar-refractivity contribution in [2.75, 3.05) is 19.9 Å². The molecule has 0 aliphatic carbocycles. The molecule has 0 saturated carbocycles. The lowest BCUT2D eigenvalue weighted by Gasteiger charge is -2.18. The summed E-state index contributed by atoms with van der Waals surface area (Å²) in [5.74, 6) is 1.62. The number of nitrogens with zero attached hydrogens (tertiary/aromatic N) is 1. The molecule has 0 aromatic heterocycles. The van der Waals surface area contributed by atoms with E-state index in [1.165, 1.54) is 5.56 Å². The Morgan fingerprint density at radius 1 is 1.44 bits per heavy atom. The zero-order chi connectivity index (χ0) is 13.5. The van der Waals surface area contributed by atoms with Crippen molar-refractivity contribution in [1.29, 1.82) is 0 Å². The summed E-state index contributed by atoms with van der Waals surface area (Å²) in [7, 11) is 3.50. The molecule has 0 radical (unpaired) electrons. The first-order chi connectivity index (χ1) is 8.62. The van der Waals surface area contributed by atoms with Crippen molar-refractivity contribution in [2.24, 2.45) is 0 Å². The summed E-state index contributed by atoms with van der Waals surface area (Å²) in [6.45, 7) is 2.72. The van der Waals surface area contributed by atoms with Crippen molar-refractivity contribution < 1.29 is 9.53 Å². The fourth-order valence-corrected chi connectivity index (χ4v) is 2.05. The molecule has 0 aliphatic heterocycles. The minimum absolute atomic E-state index is 0.124. The van der Waals surface area contributed by atoms with Crippen LogP contribution in [0.3, 0.4) is 0 Å². The predicted octanol–water partition coefficient (Wildman–Crippen LogP) is 2.54. The van der Waals surface area contributed by atoms with Gasteiger partial charge < -0.3 is 9.64 Å². The summed E-state index contributed by atoms with van der Waals surface area (Å²) in [5.41, 5.74) is 2.30. The highest BCUT2D eigenvalue weighted by molar-refractivity contribution is 7.80. The summed E-state index contributed by atoms with van der Waals surface area (Å²) >= 11 is 4.07. The van der Waals surface area contributed by atoms with Crippen molar-refractivity contribution in [3.63, 3.8) is 0 Å². The van der Waals surface area contributed by atoms with Crippen molar-refractivity contribution in [3.8, 4) is 5.75 Å². The van der Waals surface area contributed by atoms with Crippen molar-refractivity contribution in [2.45, 2.75) is 26.3 Å². The molecule has 0 N–H and O–H groups in total.